The predicted molar refractivity (Wildman–Crippen MR) is 78.0 cm³/mol. The normalized spacial score (nSPS) is 19.8. The van der Waals surface area contributed by atoms with Gasteiger partial charge in [-0.3, -0.25) is 4.79 Å². The Kier molecular flexibility index (Phi) is 6.27. The molecule has 0 spiro atoms. The third-order valence-electron chi connectivity index (χ3n) is 3.53. The number of aliphatic hydroxyl groups is 1. The molecule has 1 aliphatic carbocycles. The van der Waals surface area contributed by atoms with Gasteiger partial charge in [0.05, 0.1) is 5.60 Å². The zero-order valence-corrected chi connectivity index (χ0v) is 12.7. The molecule has 1 fully saturated rings. The zero-order chi connectivity index (χ0) is 14.4. The largest absolute Gasteiger partial charge is 0.389 e. The molecule has 0 aromatic carbocycles. The van der Waals surface area contributed by atoms with Crippen molar-refractivity contribution in [3.8, 4) is 0 Å². The van der Waals surface area contributed by atoms with E-state index in [1.54, 1.807) is 0 Å². The SMILES string of the molecule is CC(C)(C)NC(=O)CCNCC1(O)CCCCCC1. The van der Waals surface area contributed by atoms with Crippen LogP contribution in [0.15, 0.2) is 0 Å². The predicted octanol–water partition coefficient (Wildman–Crippen LogP) is 1.97. The quantitative estimate of drug-likeness (QED) is 0.529. The van der Waals surface area contributed by atoms with Crippen LogP contribution in [0.1, 0.15) is 65.7 Å². The molecule has 0 saturated heterocycles. The van der Waals surface area contributed by atoms with Gasteiger partial charge in [-0.25, -0.2) is 0 Å². The van der Waals surface area contributed by atoms with E-state index in [0.717, 1.165) is 25.7 Å². The Balaban J connectivity index is 2.17. The van der Waals surface area contributed by atoms with Gasteiger partial charge in [0, 0.05) is 25.0 Å². The van der Waals surface area contributed by atoms with Crippen LogP contribution in [-0.2, 0) is 4.79 Å². The highest BCUT2D eigenvalue weighted by molar-refractivity contribution is 5.76. The molecule has 3 N–H and O–H groups in total. The van der Waals surface area contributed by atoms with Crippen molar-refractivity contribution in [2.24, 2.45) is 0 Å². The zero-order valence-electron chi connectivity index (χ0n) is 12.7. The topological polar surface area (TPSA) is 61.4 Å². The maximum absolute atomic E-state index is 11.6. The Hall–Kier alpha value is -0.610. The molecule has 0 radical (unpaired) electrons. The summed E-state index contributed by atoms with van der Waals surface area (Å²) in [6.07, 6.45) is 6.92. The molecule has 0 aromatic heterocycles. The van der Waals surface area contributed by atoms with Gasteiger partial charge in [-0.15, -0.1) is 0 Å². The van der Waals surface area contributed by atoms with Gasteiger partial charge in [-0.05, 0) is 33.6 Å². The Morgan fingerprint density at radius 1 is 1.16 bits per heavy atom. The standard InChI is InChI=1S/C15H30N2O2/c1-14(2,3)17-13(18)8-11-16-12-15(19)9-6-4-5-7-10-15/h16,19H,4-12H2,1-3H3,(H,17,18). The second-order valence-electron chi connectivity index (χ2n) is 6.86. The van der Waals surface area contributed by atoms with Crippen LogP contribution >= 0.6 is 0 Å². The lowest BCUT2D eigenvalue weighted by Gasteiger charge is -2.27. The lowest BCUT2D eigenvalue weighted by Crippen LogP contribution is -2.43. The number of nitrogens with one attached hydrogen (secondary N) is 2. The molecule has 0 aliphatic heterocycles. The Morgan fingerprint density at radius 3 is 2.26 bits per heavy atom. The number of hydrogen-bond donors (Lipinski definition) is 3. The van der Waals surface area contributed by atoms with E-state index in [9.17, 15) is 9.90 Å². The molecule has 0 heterocycles. The molecule has 0 atom stereocenters. The van der Waals surface area contributed by atoms with E-state index in [0.29, 0.717) is 19.5 Å². The number of amides is 1. The van der Waals surface area contributed by atoms with Crippen molar-refractivity contribution in [2.75, 3.05) is 13.1 Å². The summed E-state index contributed by atoms with van der Waals surface area (Å²) in [5.74, 6) is 0.0628. The molecule has 1 rings (SSSR count). The van der Waals surface area contributed by atoms with E-state index in [2.05, 4.69) is 10.6 Å². The molecule has 1 amide bonds. The van der Waals surface area contributed by atoms with Gasteiger partial charge in [0.1, 0.15) is 0 Å². The molecule has 19 heavy (non-hydrogen) atoms. The third kappa shape index (κ3) is 7.53. The van der Waals surface area contributed by atoms with Gasteiger partial charge in [0.25, 0.3) is 0 Å². The highest BCUT2D eigenvalue weighted by atomic mass is 16.3. The van der Waals surface area contributed by atoms with Gasteiger partial charge in [0.15, 0.2) is 0 Å². The molecule has 4 nitrogen and oxygen atoms in total. The fourth-order valence-corrected chi connectivity index (χ4v) is 2.57. The van der Waals surface area contributed by atoms with Crippen LogP contribution in [0, 0.1) is 0 Å². The summed E-state index contributed by atoms with van der Waals surface area (Å²) in [5, 5.41) is 16.6. The highest BCUT2D eigenvalue weighted by Gasteiger charge is 2.27. The lowest BCUT2D eigenvalue weighted by molar-refractivity contribution is -0.122. The number of rotatable bonds is 5. The van der Waals surface area contributed by atoms with Crippen LogP contribution in [0.4, 0.5) is 0 Å². The van der Waals surface area contributed by atoms with E-state index in [1.165, 1.54) is 12.8 Å². The summed E-state index contributed by atoms with van der Waals surface area (Å²) in [7, 11) is 0. The number of hydrogen-bond acceptors (Lipinski definition) is 3. The minimum atomic E-state index is -0.559. The highest BCUT2D eigenvalue weighted by Crippen LogP contribution is 2.26. The van der Waals surface area contributed by atoms with E-state index in [4.69, 9.17) is 0 Å². The molecule has 0 bridgehead atoms. The van der Waals surface area contributed by atoms with Crippen LogP contribution in [-0.4, -0.2) is 35.2 Å². The molecular formula is C15H30N2O2. The Labute approximate surface area is 117 Å². The second-order valence-corrected chi connectivity index (χ2v) is 6.86. The maximum Gasteiger partial charge on any atom is 0.221 e. The van der Waals surface area contributed by atoms with Crippen molar-refractivity contribution in [1.82, 2.24) is 10.6 Å². The van der Waals surface area contributed by atoms with Crippen LogP contribution in [0.3, 0.4) is 0 Å². The van der Waals surface area contributed by atoms with E-state index in [-0.39, 0.29) is 11.4 Å². The summed E-state index contributed by atoms with van der Waals surface area (Å²) in [4.78, 5) is 11.6. The Morgan fingerprint density at radius 2 is 1.74 bits per heavy atom. The molecule has 4 heteroatoms. The van der Waals surface area contributed by atoms with E-state index < -0.39 is 5.60 Å². The first kappa shape index (κ1) is 16.4. The van der Waals surface area contributed by atoms with Gasteiger partial charge in [-0.1, -0.05) is 25.7 Å². The van der Waals surface area contributed by atoms with Crippen molar-refractivity contribution >= 4 is 5.91 Å². The summed E-state index contributed by atoms with van der Waals surface area (Å²) < 4.78 is 0. The van der Waals surface area contributed by atoms with Crippen molar-refractivity contribution in [3.05, 3.63) is 0 Å². The van der Waals surface area contributed by atoms with Gasteiger partial charge < -0.3 is 15.7 Å². The smallest absolute Gasteiger partial charge is 0.221 e. The first-order valence-corrected chi connectivity index (χ1v) is 7.55. The molecule has 0 unspecified atom stereocenters. The molecule has 1 aliphatic rings. The fraction of sp³-hybridized carbons (Fsp3) is 0.933. The number of carbonyl (C=O) groups is 1. The average Bonchev–Trinajstić information content (AvgIpc) is 2.48. The lowest BCUT2D eigenvalue weighted by atomic mass is 9.94. The summed E-state index contributed by atoms with van der Waals surface area (Å²) in [5.41, 5.74) is -0.729. The van der Waals surface area contributed by atoms with Crippen molar-refractivity contribution in [2.45, 2.75) is 76.9 Å². The minimum Gasteiger partial charge on any atom is -0.389 e. The molecule has 1 saturated carbocycles. The summed E-state index contributed by atoms with van der Waals surface area (Å²) in [6.45, 7) is 7.17. The van der Waals surface area contributed by atoms with Crippen LogP contribution in [0.2, 0.25) is 0 Å². The van der Waals surface area contributed by atoms with Crippen LogP contribution in [0.25, 0.3) is 0 Å². The molecule has 112 valence electrons. The maximum atomic E-state index is 11.6. The Bertz CT molecular complexity index is 276. The summed E-state index contributed by atoms with van der Waals surface area (Å²) in [6, 6.07) is 0. The monoisotopic (exact) mass is 270 g/mol. The van der Waals surface area contributed by atoms with Crippen molar-refractivity contribution in [3.63, 3.8) is 0 Å². The van der Waals surface area contributed by atoms with Gasteiger partial charge in [0.2, 0.25) is 5.91 Å². The van der Waals surface area contributed by atoms with Crippen LogP contribution < -0.4 is 10.6 Å². The van der Waals surface area contributed by atoms with Gasteiger partial charge >= 0.3 is 0 Å². The fourth-order valence-electron chi connectivity index (χ4n) is 2.57. The second kappa shape index (κ2) is 7.25. The number of carbonyl (C=O) groups excluding carboxylic acids is 1. The average molecular weight is 270 g/mol. The van der Waals surface area contributed by atoms with E-state index >= 15 is 0 Å². The molecule has 0 aromatic rings. The summed E-state index contributed by atoms with van der Waals surface area (Å²) >= 11 is 0. The van der Waals surface area contributed by atoms with Crippen LogP contribution in [0.5, 0.6) is 0 Å². The minimum absolute atomic E-state index is 0.0628. The third-order valence-corrected chi connectivity index (χ3v) is 3.53. The van der Waals surface area contributed by atoms with Gasteiger partial charge in [-0.2, -0.15) is 0 Å². The van der Waals surface area contributed by atoms with Crippen molar-refractivity contribution < 1.29 is 9.90 Å². The van der Waals surface area contributed by atoms with Crippen molar-refractivity contribution in [1.29, 1.82) is 0 Å². The first-order chi connectivity index (χ1) is 8.81. The first-order valence-electron chi connectivity index (χ1n) is 7.55. The molecular weight excluding hydrogens is 240 g/mol. The van der Waals surface area contributed by atoms with E-state index in [1.807, 2.05) is 20.8 Å².